The van der Waals surface area contributed by atoms with Gasteiger partial charge in [0.05, 0.1) is 30.1 Å². The first-order chi connectivity index (χ1) is 26.4. The quantitative estimate of drug-likeness (QED) is 0.0381. The number of likely N-dealkylation sites (tertiary alicyclic amines) is 1. The van der Waals surface area contributed by atoms with E-state index in [1.165, 1.54) is 83.5 Å². The molecule has 0 unspecified atom stereocenters. The summed E-state index contributed by atoms with van der Waals surface area (Å²) in [5, 5.41) is 10.4. The molecule has 1 fully saturated rings. The number of carbonyl (C=O) groups excluding carboxylic acids is 3. The van der Waals surface area contributed by atoms with Crippen LogP contribution in [-0.4, -0.2) is 72.5 Å². The van der Waals surface area contributed by atoms with Gasteiger partial charge < -0.3 is 19.3 Å². The lowest BCUT2D eigenvalue weighted by Gasteiger charge is -2.27. The van der Waals surface area contributed by atoms with Crippen LogP contribution in [0, 0.1) is 10.8 Å². The molecule has 8 nitrogen and oxygen atoms in total. The highest BCUT2D eigenvalue weighted by atomic mass is 16.5. The van der Waals surface area contributed by atoms with E-state index in [2.05, 4.69) is 20.8 Å². The minimum Gasteiger partial charge on any atom is -0.465 e. The van der Waals surface area contributed by atoms with Gasteiger partial charge in [-0.3, -0.25) is 19.3 Å². The topological polar surface area (TPSA) is 102 Å². The number of hydrogen-bond donors (Lipinski definition) is 1. The van der Waals surface area contributed by atoms with Crippen molar-refractivity contribution < 1.29 is 33.7 Å². The number of hydrogen-bond acceptors (Lipinski definition) is 8. The zero-order chi connectivity index (χ0) is 40.8. The molecule has 1 aliphatic rings. The average molecular weight is 780 g/mol. The highest BCUT2D eigenvalue weighted by Gasteiger charge is 2.37. The summed E-state index contributed by atoms with van der Waals surface area (Å²) in [6.07, 6.45) is 29.4. The van der Waals surface area contributed by atoms with E-state index in [0.717, 1.165) is 89.9 Å². The molecule has 0 aromatic carbocycles. The van der Waals surface area contributed by atoms with Crippen molar-refractivity contribution in [2.24, 2.45) is 10.8 Å². The summed E-state index contributed by atoms with van der Waals surface area (Å²) in [4.78, 5) is 41.0. The number of aliphatic hydroxyl groups is 1. The molecule has 1 aliphatic heterocycles. The molecule has 1 rings (SSSR count). The van der Waals surface area contributed by atoms with Gasteiger partial charge in [-0.2, -0.15) is 0 Å². The number of nitrogens with zero attached hydrogens (tertiary/aromatic N) is 1. The highest BCUT2D eigenvalue weighted by Crippen LogP contribution is 2.29. The fourth-order valence-corrected chi connectivity index (χ4v) is 7.69. The zero-order valence-corrected chi connectivity index (χ0v) is 37.2. The van der Waals surface area contributed by atoms with E-state index >= 15 is 0 Å². The molecule has 0 aliphatic carbocycles. The molecular formula is C47H89NO7. The predicted octanol–water partition coefficient (Wildman–Crippen LogP) is 12.1. The lowest BCUT2D eigenvalue weighted by atomic mass is 9.86. The first-order valence-corrected chi connectivity index (χ1v) is 23.3. The summed E-state index contributed by atoms with van der Waals surface area (Å²) in [6.45, 7) is 16.7. The molecule has 0 radical (unpaired) electrons. The molecule has 8 heteroatoms. The van der Waals surface area contributed by atoms with Gasteiger partial charge in [0.1, 0.15) is 12.1 Å². The Balaban J connectivity index is 2.29. The summed E-state index contributed by atoms with van der Waals surface area (Å²) in [5.74, 6) is -0.437. The lowest BCUT2D eigenvalue weighted by Crippen LogP contribution is -2.38. The summed E-state index contributed by atoms with van der Waals surface area (Å²) in [6, 6.07) is -0.418. The monoisotopic (exact) mass is 780 g/mol. The number of aliphatic hydroxyl groups excluding tert-OH is 1. The number of unbranched alkanes of at least 4 members (excludes halogenated alkanes) is 18. The summed E-state index contributed by atoms with van der Waals surface area (Å²) in [7, 11) is 0. The average Bonchev–Trinajstić information content (AvgIpc) is 3.53. The van der Waals surface area contributed by atoms with Crippen molar-refractivity contribution in [1.82, 2.24) is 4.90 Å². The van der Waals surface area contributed by atoms with Crippen LogP contribution in [0.3, 0.4) is 0 Å². The molecule has 0 aromatic heterocycles. The van der Waals surface area contributed by atoms with Crippen LogP contribution in [-0.2, 0) is 28.6 Å². The van der Waals surface area contributed by atoms with E-state index in [9.17, 15) is 19.5 Å². The van der Waals surface area contributed by atoms with E-state index in [1.807, 2.05) is 32.6 Å². The SMILES string of the molecule is CCCCCCCCCCCOC(=O)C(C)(C)CCCCN1C[C@@H](O)C[C@H]1C(=O)OCCCCCCC(C)(C)C(=O)OC(CCCCCC)CCCCCC. The number of ether oxygens (including phenoxy) is 3. The Morgan fingerprint density at radius 3 is 1.56 bits per heavy atom. The summed E-state index contributed by atoms with van der Waals surface area (Å²) in [5.41, 5.74) is -1.04. The van der Waals surface area contributed by atoms with E-state index in [-0.39, 0.29) is 24.0 Å². The van der Waals surface area contributed by atoms with Crippen molar-refractivity contribution in [2.45, 2.75) is 246 Å². The Hall–Kier alpha value is -1.67. The van der Waals surface area contributed by atoms with E-state index in [1.54, 1.807) is 0 Å². The van der Waals surface area contributed by atoms with Gasteiger partial charge in [0.15, 0.2) is 0 Å². The van der Waals surface area contributed by atoms with Crippen LogP contribution in [0.5, 0.6) is 0 Å². The van der Waals surface area contributed by atoms with Crippen molar-refractivity contribution in [2.75, 3.05) is 26.3 Å². The molecule has 2 atom stereocenters. The molecule has 0 amide bonds. The summed E-state index contributed by atoms with van der Waals surface area (Å²) < 4.78 is 17.4. The van der Waals surface area contributed by atoms with Gasteiger partial charge in [0.2, 0.25) is 0 Å². The molecule has 1 N–H and O–H groups in total. The number of rotatable bonds is 36. The van der Waals surface area contributed by atoms with Crippen LogP contribution in [0.1, 0.15) is 228 Å². The maximum atomic E-state index is 13.2. The number of β-amino-alcohol motifs (C(OH)–C–C–N with tert-alkyl or cyclic N) is 1. The highest BCUT2D eigenvalue weighted by molar-refractivity contribution is 5.77. The maximum absolute atomic E-state index is 13.2. The lowest BCUT2D eigenvalue weighted by molar-refractivity contribution is -0.161. The largest absolute Gasteiger partial charge is 0.465 e. The van der Waals surface area contributed by atoms with Gasteiger partial charge in [-0.15, -0.1) is 0 Å². The molecule has 0 aromatic rings. The van der Waals surface area contributed by atoms with Crippen molar-refractivity contribution >= 4 is 17.9 Å². The fraction of sp³-hybridized carbons (Fsp3) is 0.936. The first kappa shape index (κ1) is 51.3. The Labute approximate surface area is 339 Å². The van der Waals surface area contributed by atoms with Crippen LogP contribution >= 0.6 is 0 Å². The third-order valence-corrected chi connectivity index (χ3v) is 11.7. The maximum Gasteiger partial charge on any atom is 0.323 e. The molecular weight excluding hydrogens is 691 g/mol. The van der Waals surface area contributed by atoms with Gasteiger partial charge in [-0.05, 0) is 92.0 Å². The van der Waals surface area contributed by atoms with Crippen molar-refractivity contribution in [3.05, 3.63) is 0 Å². The van der Waals surface area contributed by atoms with Crippen LogP contribution < -0.4 is 0 Å². The second kappa shape index (κ2) is 31.3. The van der Waals surface area contributed by atoms with Gasteiger partial charge in [-0.25, -0.2) is 0 Å². The third kappa shape index (κ3) is 24.7. The van der Waals surface area contributed by atoms with Crippen LogP contribution in [0.25, 0.3) is 0 Å². The van der Waals surface area contributed by atoms with Crippen molar-refractivity contribution in [3.8, 4) is 0 Å². The van der Waals surface area contributed by atoms with Crippen molar-refractivity contribution in [1.29, 1.82) is 0 Å². The van der Waals surface area contributed by atoms with Gasteiger partial charge >= 0.3 is 17.9 Å². The van der Waals surface area contributed by atoms with Gasteiger partial charge in [0, 0.05) is 13.0 Å². The molecule has 0 bridgehead atoms. The Morgan fingerprint density at radius 2 is 1.02 bits per heavy atom. The van der Waals surface area contributed by atoms with Gasteiger partial charge in [-0.1, -0.05) is 136 Å². The second-order valence-electron chi connectivity index (χ2n) is 18.1. The molecule has 1 saturated heterocycles. The molecule has 1 heterocycles. The third-order valence-electron chi connectivity index (χ3n) is 11.7. The molecule has 55 heavy (non-hydrogen) atoms. The smallest absolute Gasteiger partial charge is 0.323 e. The Kier molecular flexibility index (Phi) is 29.3. The van der Waals surface area contributed by atoms with E-state index in [4.69, 9.17) is 14.2 Å². The van der Waals surface area contributed by atoms with E-state index in [0.29, 0.717) is 32.7 Å². The van der Waals surface area contributed by atoms with E-state index < -0.39 is 23.0 Å². The first-order valence-electron chi connectivity index (χ1n) is 23.3. The van der Waals surface area contributed by atoms with Crippen LogP contribution in [0.15, 0.2) is 0 Å². The minimum atomic E-state index is -0.536. The molecule has 0 saturated carbocycles. The zero-order valence-electron chi connectivity index (χ0n) is 37.2. The molecule has 0 spiro atoms. The van der Waals surface area contributed by atoms with Crippen LogP contribution in [0.4, 0.5) is 0 Å². The molecule has 324 valence electrons. The van der Waals surface area contributed by atoms with Crippen molar-refractivity contribution in [3.63, 3.8) is 0 Å². The fourth-order valence-electron chi connectivity index (χ4n) is 7.69. The second-order valence-corrected chi connectivity index (χ2v) is 18.1. The minimum absolute atomic E-state index is 0.0360. The predicted molar refractivity (Wildman–Crippen MR) is 227 cm³/mol. The van der Waals surface area contributed by atoms with Gasteiger partial charge in [0.25, 0.3) is 0 Å². The normalized spacial score (nSPS) is 16.5. The van der Waals surface area contributed by atoms with Crippen LogP contribution in [0.2, 0.25) is 0 Å². The number of carbonyl (C=O) groups is 3. The summed E-state index contributed by atoms with van der Waals surface area (Å²) >= 11 is 0. The standard InChI is InChI=1S/C47H89NO7/c1-8-11-14-17-18-19-20-22-30-37-54-44(51)46(4,5)34-27-28-35-48-39-40(49)38-42(48)43(50)53-36-29-23-21-26-33-47(6,7)45(52)55-41(31-24-15-12-9-2)32-25-16-13-10-3/h40-42,49H,8-39H2,1-7H3/t40-,42-/m0/s1. The Morgan fingerprint density at radius 1 is 0.582 bits per heavy atom. The Bertz CT molecular complexity index is 970. The number of esters is 3.